The van der Waals surface area contributed by atoms with Crippen molar-refractivity contribution in [3.63, 3.8) is 0 Å². The molecule has 1 aromatic carbocycles. The molecule has 8 nitrogen and oxygen atoms in total. The third-order valence-electron chi connectivity index (χ3n) is 3.99. The number of methoxy groups -OCH3 is 1. The highest BCUT2D eigenvalue weighted by atomic mass is 32.2. The predicted molar refractivity (Wildman–Crippen MR) is 96.8 cm³/mol. The van der Waals surface area contributed by atoms with Gasteiger partial charge in [0.1, 0.15) is 10.6 Å². The lowest BCUT2D eigenvalue weighted by molar-refractivity contribution is 0.122. The number of nitrogens with one attached hydrogen (secondary N) is 1. The van der Waals surface area contributed by atoms with E-state index < -0.39 is 10.0 Å². The minimum Gasteiger partial charge on any atom is -0.495 e. The summed E-state index contributed by atoms with van der Waals surface area (Å²) in [6.45, 7) is 4.64. The predicted octanol–water partition coefficient (Wildman–Crippen LogP) is 1.11. The van der Waals surface area contributed by atoms with E-state index in [-0.39, 0.29) is 11.4 Å². The van der Waals surface area contributed by atoms with Crippen LogP contribution in [0.5, 0.6) is 5.75 Å². The van der Waals surface area contributed by atoms with E-state index in [4.69, 9.17) is 9.47 Å². The van der Waals surface area contributed by atoms with Gasteiger partial charge in [-0.25, -0.2) is 23.1 Å². The van der Waals surface area contributed by atoms with Gasteiger partial charge in [0.15, 0.2) is 0 Å². The lowest BCUT2D eigenvalue weighted by atomic mass is 10.3. The number of anilines is 1. The normalized spacial score (nSPS) is 15.1. The van der Waals surface area contributed by atoms with Crippen molar-refractivity contribution in [3.8, 4) is 5.75 Å². The maximum absolute atomic E-state index is 12.6. The number of aryl methyl sites for hydroxylation is 1. The van der Waals surface area contributed by atoms with E-state index in [0.29, 0.717) is 30.6 Å². The molecule has 0 amide bonds. The average Bonchev–Trinajstić information content (AvgIpc) is 2.67. The lowest BCUT2D eigenvalue weighted by Gasteiger charge is -2.27. The Hall–Kier alpha value is -2.23. The number of nitrogens with zero attached hydrogens (tertiary/aromatic N) is 3. The van der Waals surface area contributed by atoms with Gasteiger partial charge >= 0.3 is 0 Å². The van der Waals surface area contributed by atoms with Gasteiger partial charge in [0.05, 0.1) is 32.6 Å². The summed E-state index contributed by atoms with van der Waals surface area (Å²) >= 11 is 0. The number of rotatable bonds is 6. The summed E-state index contributed by atoms with van der Waals surface area (Å²) in [5, 5.41) is 0. The van der Waals surface area contributed by atoms with Gasteiger partial charge in [0.25, 0.3) is 0 Å². The van der Waals surface area contributed by atoms with Gasteiger partial charge < -0.3 is 14.4 Å². The Morgan fingerprint density at radius 1 is 1.23 bits per heavy atom. The Morgan fingerprint density at radius 2 is 1.96 bits per heavy atom. The zero-order chi connectivity index (χ0) is 18.6. The van der Waals surface area contributed by atoms with E-state index in [1.165, 1.54) is 13.2 Å². The molecule has 1 aromatic heterocycles. The largest absolute Gasteiger partial charge is 0.495 e. The van der Waals surface area contributed by atoms with Crippen molar-refractivity contribution in [2.24, 2.45) is 0 Å². The first-order valence-electron chi connectivity index (χ1n) is 8.29. The lowest BCUT2D eigenvalue weighted by Crippen LogP contribution is -2.37. The number of para-hydroxylation sites is 1. The van der Waals surface area contributed by atoms with E-state index in [0.717, 1.165) is 18.8 Å². The van der Waals surface area contributed by atoms with Crippen LogP contribution in [0.3, 0.4) is 0 Å². The number of benzene rings is 1. The Labute approximate surface area is 153 Å². The molecule has 2 aromatic rings. The smallest absolute Gasteiger partial charge is 0.244 e. The van der Waals surface area contributed by atoms with Crippen LogP contribution in [0.15, 0.2) is 35.2 Å². The molecule has 1 fully saturated rings. The molecular formula is C17H22N4O4S. The minimum atomic E-state index is -3.72. The van der Waals surface area contributed by atoms with Crippen molar-refractivity contribution in [1.82, 2.24) is 14.7 Å². The van der Waals surface area contributed by atoms with E-state index in [9.17, 15) is 8.42 Å². The maximum atomic E-state index is 12.6. The Bertz CT molecular complexity index is 867. The third kappa shape index (κ3) is 4.29. The summed E-state index contributed by atoms with van der Waals surface area (Å²) in [5.74, 6) is 0.896. The highest BCUT2D eigenvalue weighted by Gasteiger charge is 2.20. The number of ether oxygens (including phenoxy) is 2. The monoisotopic (exact) mass is 378 g/mol. The fraction of sp³-hybridized carbons (Fsp3) is 0.412. The number of sulfonamides is 1. The van der Waals surface area contributed by atoms with E-state index >= 15 is 0 Å². The Balaban J connectivity index is 1.77. The van der Waals surface area contributed by atoms with Crippen LogP contribution in [0.4, 0.5) is 5.95 Å². The van der Waals surface area contributed by atoms with Gasteiger partial charge in [0, 0.05) is 18.8 Å². The molecular weight excluding hydrogens is 356 g/mol. The van der Waals surface area contributed by atoms with E-state index in [1.54, 1.807) is 24.3 Å². The number of aromatic nitrogens is 2. The molecule has 9 heteroatoms. The summed E-state index contributed by atoms with van der Waals surface area (Å²) < 4.78 is 38.3. The molecule has 0 saturated carbocycles. The zero-order valence-corrected chi connectivity index (χ0v) is 15.6. The summed E-state index contributed by atoms with van der Waals surface area (Å²) in [6.07, 6.45) is 0. The molecule has 26 heavy (non-hydrogen) atoms. The molecule has 1 aliphatic rings. The quantitative estimate of drug-likeness (QED) is 0.805. The topological polar surface area (TPSA) is 93.7 Å². The van der Waals surface area contributed by atoms with Crippen molar-refractivity contribution >= 4 is 16.0 Å². The fourth-order valence-corrected chi connectivity index (χ4v) is 3.87. The van der Waals surface area contributed by atoms with Crippen molar-refractivity contribution in [2.75, 3.05) is 38.3 Å². The SMILES string of the molecule is COc1ccccc1S(=O)(=O)NCc1cc(C)nc(N2CCOCC2)n1. The van der Waals surface area contributed by atoms with Gasteiger partial charge in [0.2, 0.25) is 16.0 Å². The average molecular weight is 378 g/mol. The number of hydrogen-bond donors (Lipinski definition) is 1. The van der Waals surface area contributed by atoms with Crippen molar-refractivity contribution in [2.45, 2.75) is 18.4 Å². The molecule has 0 spiro atoms. The van der Waals surface area contributed by atoms with Gasteiger partial charge in [-0.1, -0.05) is 12.1 Å². The summed E-state index contributed by atoms with van der Waals surface area (Å²) in [7, 11) is -2.28. The molecule has 0 atom stereocenters. The fourth-order valence-electron chi connectivity index (χ4n) is 2.70. The van der Waals surface area contributed by atoms with Crippen LogP contribution in [0.2, 0.25) is 0 Å². The molecule has 140 valence electrons. The minimum absolute atomic E-state index is 0.0705. The van der Waals surface area contributed by atoms with Crippen molar-refractivity contribution in [3.05, 3.63) is 41.7 Å². The van der Waals surface area contributed by atoms with Crippen LogP contribution in [0.25, 0.3) is 0 Å². The Kier molecular flexibility index (Phi) is 5.70. The first-order chi connectivity index (χ1) is 12.5. The second kappa shape index (κ2) is 7.98. The van der Waals surface area contributed by atoms with Crippen LogP contribution in [-0.4, -0.2) is 51.8 Å². The third-order valence-corrected chi connectivity index (χ3v) is 5.43. The molecule has 2 heterocycles. The van der Waals surface area contributed by atoms with Crippen molar-refractivity contribution in [1.29, 1.82) is 0 Å². The molecule has 0 radical (unpaired) electrons. The van der Waals surface area contributed by atoms with Gasteiger partial charge in [-0.2, -0.15) is 0 Å². The van der Waals surface area contributed by atoms with Crippen LogP contribution in [-0.2, 0) is 21.3 Å². The standard InChI is InChI=1S/C17H22N4O4S/c1-13-11-14(20-17(19-13)21-7-9-25-10-8-21)12-18-26(22,23)16-6-4-3-5-15(16)24-2/h3-6,11,18H,7-10,12H2,1-2H3. The molecule has 0 bridgehead atoms. The highest BCUT2D eigenvalue weighted by Crippen LogP contribution is 2.22. The second-order valence-electron chi connectivity index (χ2n) is 5.88. The van der Waals surface area contributed by atoms with Gasteiger partial charge in [-0.3, -0.25) is 0 Å². The van der Waals surface area contributed by atoms with Gasteiger partial charge in [-0.15, -0.1) is 0 Å². The molecule has 3 rings (SSSR count). The van der Waals surface area contributed by atoms with Gasteiger partial charge in [-0.05, 0) is 25.1 Å². The highest BCUT2D eigenvalue weighted by molar-refractivity contribution is 7.89. The number of morpholine rings is 1. The summed E-state index contributed by atoms with van der Waals surface area (Å²) in [6, 6.07) is 8.27. The van der Waals surface area contributed by atoms with E-state index in [1.807, 2.05) is 11.8 Å². The molecule has 0 unspecified atom stereocenters. The first-order valence-corrected chi connectivity index (χ1v) is 9.78. The van der Waals surface area contributed by atoms with Crippen LogP contribution in [0.1, 0.15) is 11.4 Å². The van der Waals surface area contributed by atoms with E-state index in [2.05, 4.69) is 14.7 Å². The zero-order valence-electron chi connectivity index (χ0n) is 14.8. The Morgan fingerprint density at radius 3 is 2.69 bits per heavy atom. The van der Waals surface area contributed by atoms with Crippen molar-refractivity contribution < 1.29 is 17.9 Å². The molecule has 1 N–H and O–H groups in total. The first kappa shape index (κ1) is 18.6. The van der Waals surface area contributed by atoms with Crippen LogP contribution >= 0.6 is 0 Å². The maximum Gasteiger partial charge on any atom is 0.244 e. The molecule has 1 aliphatic heterocycles. The van der Waals surface area contributed by atoms with Crippen LogP contribution in [0, 0.1) is 6.92 Å². The summed E-state index contributed by atoms with van der Waals surface area (Å²) in [5.41, 5.74) is 1.39. The molecule has 1 saturated heterocycles. The molecule has 0 aliphatic carbocycles. The second-order valence-corrected chi connectivity index (χ2v) is 7.61. The number of hydrogen-bond acceptors (Lipinski definition) is 7. The van der Waals surface area contributed by atoms with Crippen LogP contribution < -0.4 is 14.4 Å². The summed E-state index contributed by atoms with van der Waals surface area (Å²) in [4.78, 5) is 11.1.